The molecule has 2 aromatic heterocycles. The van der Waals surface area contributed by atoms with Crippen LogP contribution < -0.4 is 0 Å². The van der Waals surface area contributed by atoms with Crippen LogP contribution in [0, 0.1) is 34.6 Å². The Balaban J connectivity index is 0.000000176. The second-order valence-corrected chi connectivity index (χ2v) is 17.4. The summed E-state index contributed by atoms with van der Waals surface area (Å²) in [4.78, 5) is 9.51. The van der Waals surface area contributed by atoms with Gasteiger partial charge in [0.1, 0.15) is 11.2 Å². The minimum absolute atomic E-state index is 0.925. The summed E-state index contributed by atoms with van der Waals surface area (Å²) >= 11 is 0. The number of rotatable bonds is 5. The van der Waals surface area contributed by atoms with Crippen LogP contribution in [0.4, 0.5) is 0 Å². The zero-order chi connectivity index (χ0) is 44.9. The van der Waals surface area contributed by atoms with Gasteiger partial charge in [-0.2, -0.15) is 0 Å². The molecule has 0 unspecified atom stereocenters. The van der Waals surface area contributed by atoms with Crippen molar-refractivity contribution in [3.8, 4) is 55.8 Å². The van der Waals surface area contributed by atoms with Crippen molar-refractivity contribution in [2.45, 2.75) is 34.6 Å². The molecule has 0 aliphatic heterocycles. The molecular formula is C63H48N2O. The van der Waals surface area contributed by atoms with Crippen LogP contribution in [0.3, 0.4) is 0 Å². The van der Waals surface area contributed by atoms with Gasteiger partial charge in [0.2, 0.25) is 0 Å². The van der Waals surface area contributed by atoms with Crippen LogP contribution in [0.5, 0.6) is 0 Å². The molecule has 0 saturated carbocycles. The Morgan fingerprint density at radius 1 is 0.333 bits per heavy atom. The maximum absolute atomic E-state index is 6.11. The molecule has 0 saturated heterocycles. The largest absolute Gasteiger partial charge is 0.456 e. The van der Waals surface area contributed by atoms with E-state index in [1.54, 1.807) is 0 Å². The highest BCUT2D eigenvalue weighted by Crippen LogP contribution is 2.45. The third kappa shape index (κ3) is 7.19. The van der Waals surface area contributed by atoms with Gasteiger partial charge in [0.25, 0.3) is 0 Å². The molecule has 0 N–H and O–H groups in total. The summed E-state index contributed by atoms with van der Waals surface area (Å²) in [5.74, 6) is 0. The summed E-state index contributed by atoms with van der Waals surface area (Å²) in [6.07, 6.45) is 0. The van der Waals surface area contributed by atoms with Crippen LogP contribution in [0.1, 0.15) is 27.9 Å². The number of fused-ring (bicyclic) bond motifs is 6. The molecule has 12 aromatic rings. The van der Waals surface area contributed by atoms with Crippen molar-refractivity contribution in [2.75, 3.05) is 0 Å². The van der Waals surface area contributed by atoms with Crippen LogP contribution in [0.15, 0.2) is 205 Å². The van der Waals surface area contributed by atoms with Crippen LogP contribution >= 0.6 is 0 Å². The van der Waals surface area contributed by atoms with Gasteiger partial charge in [-0.15, -0.1) is 0 Å². The predicted octanol–water partition coefficient (Wildman–Crippen LogP) is 17.4. The van der Waals surface area contributed by atoms with Gasteiger partial charge >= 0.3 is 0 Å². The van der Waals surface area contributed by atoms with E-state index < -0.39 is 0 Å². The Hall–Kier alpha value is -8.14. The van der Waals surface area contributed by atoms with E-state index in [-0.39, 0.29) is 0 Å². The Morgan fingerprint density at radius 3 is 1.67 bits per heavy atom. The van der Waals surface area contributed by atoms with Gasteiger partial charge in [-0.05, 0) is 165 Å². The average molecular weight is 849 g/mol. The van der Waals surface area contributed by atoms with Crippen molar-refractivity contribution < 1.29 is 4.42 Å². The minimum atomic E-state index is 0.925. The summed E-state index contributed by atoms with van der Waals surface area (Å²) in [6.45, 7) is 11.1. The van der Waals surface area contributed by atoms with Gasteiger partial charge in [-0.1, -0.05) is 158 Å². The number of aromatic nitrogens is 2. The van der Waals surface area contributed by atoms with Crippen molar-refractivity contribution in [3.05, 3.63) is 228 Å². The lowest BCUT2D eigenvalue weighted by atomic mass is 9.81. The van der Waals surface area contributed by atoms with E-state index in [0.717, 1.165) is 49.9 Å². The SMILES string of the molecule is Cc1ccc(-c2ccc3oc4ccccc4c3c2)cc1-c1c(C)c(C)c(-c2ccc3ccccc3c2C)c2ccccc12.Cc1nc2ccccc2nc1-c1cccc(-c2ccccc2)c1. The number of furan rings is 1. The highest BCUT2D eigenvalue weighted by Gasteiger charge is 2.20. The van der Waals surface area contributed by atoms with E-state index in [4.69, 9.17) is 14.4 Å². The van der Waals surface area contributed by atoms with E-state index in [1.165, 1.54) is 88.3 Å². The molecule has 0 bridgehead atoms. The fourth-order valence-electron chi connectivity index (χ4n) is 9.91. The number of aryl methyl sites for hydroxylation is 3. The van der Waals surface area contributed by atoms with Gasteiger partial charge in [0.05, 0.1) is 22.4 Å². The lowest BCUT2D eigenvalue weighted by Crippen LogP contribution is -1.98. The number of hydrogen-bond acceptors (Lipinski definition) is 3. The lowest BCUT2D eigenvalue weighted by Gasteiger charge is -2.22. The van der Waals surface area contributed by atoms with E-state index in [0.29, 0.717) is 0 Å². The Morgan fingerprint density at radius 2 is 0.894 bits per heavy atom. The average Bonchev–Trinajstić information content (AvgIpc) is 3.74. The first-order valence-electron chi connectivity index (χ1n) is 22.7. The van der Waals surface area contributed by atoms with Gasteiger partial charge in [0.15, 0.2) is 0 Å². The first-order valence-corrected chi connectivity index (χ1v) is 22.7. The summed E-state index contributed by atoms with van der Waals surface area (Å²) in [7, 11) is 0. The van der Waals surface area contributed by atoms with E-state index in [1.807, 2.05) is 49.4 Å². The molecule has 0 spiro atoms. The zero-order valence-corrected chi connectivity index (χ0v) is 37.9. The molecule has 3 nitrogen and oxygen atoms in total. The van der Waals surface area contributed by atoms with E-state index >= 15 is 0 Å². The quantitative estimate of drug-likeness (QED) is 0.173. The Kier molecular flexibility index (Phi) is 10.3. The summed E-state index contributed by atoms with van der Waals surface area (Å²) in [6, 6.07) is 70.9. The molecule has 2 heterocycles. The molecule has 12 rings (SSSR count). The fourth-order valence-corrected chi connectivity index (χ4v) is 9.91. The molecule has 0 atom stereocenters. The standard InChI is InChI=1S/C42H32O.C21H16N2/c1-25-17-18-30(31-20-22-40-38(24-31)34-13-9-10-16-39(34)43-40)23-37(25)42-27(3)26(2)41(35-14-7-8-15-36(35)42)33-21-19-29-11-5-6-12-32(29)28(33)4;1-15-21(23-20-13-6-5-12-19(20)22-15)18-11-7-10-17(14-18)16-8-3-2-4-9-16/h5-24H,1-4H3;2-14H,1H3. The zero-order valence-electron chi connectivity index (χ0n) is 37.9. The predicted molar refractivity (Wildman–Crippen MR) is 279 cm³/mol. The van der Waals surface area contributed by atoms with Crippen LogP contribution in [0.2, 0.25) is 0 Å². The normalized spacial score (nSPS) is 11.4. The third-order valence-corrected chi connectivity index (χ3v) is 13.5. The highest BCUT2D eigenvalue weighted by molar-refractivity contribution is 6.10. The van der Waals surface area contributed by atoms with E-state index in [2.05, 4.69) is 185 Å². The topological polar surface area (TPSA) is 38.9 Å². The van der Waals surface area contributed by atoms with Gasteiger partial charge in [-0.25, -0.2) is 9.97 Å². The number of hydrogen-bond donors (Lipinski definition) is 0. The first-order chi connectivity index (χ1) is 32.3. The van der Waals surface area contributed by atoms with Gasteiger partial charge in [-0.3, -0.25) is 0 Å². The molecular weight excluding hydrogens is 801 g/mol. The van der Waals surface area contributed by atoms with Crippen LogP contribution in [0.25, 0.3) is 110 Å². The van der Waals surface area contributed by atoms with Crippen molar-refractivity contribution in [2.24, 2.45) is 0 Å². The number of nitrogens with zero attached hydrogens (tertiary/aromatic N) is 2. The van der Waals surface area contributed by atoms with Crippen molar-refractivity contribution in [1.82, 2.24) is 9.97 Å². The second-order valence-electron chi connectivity index (χ2n) is 17.4. The molecule has 3 heteroatoms. The monoisotopic (exact) mass is 848 g/mol. The molecule has 0 aliphatic rings. The first kappa shape index (κ1) is 40.6. The molecule has 66 heavy (non-hydrogen) atoms. The van der Waals surface area contributed by atoms with Gasteiger partial charge in [0, 0.05) is 16.3 Å². The second kappa shape index (κ2) is 16.8. The number of benzene rings is 10. The molecule has 0 radical (unpaired) electrons. The van der Waals surface area contributed by atoms with Crippen LogP contribution in [-0.4, -0.2) is 9.97 Å². The van der Waals surface area contributed by atoms with Crippen LogP contribution in [-0.2, 0) is 0 Å². The third-order valence-electron chi connectivity index (χ3n) is 13.5. The lowest BCUT2D eigenvalue weighted by molar-refractivity contribution is 0.669. The molecule has 0 amide bonds. The van der Waals surface area contributed by atoms with Crippen molar-refractivity contribution in [1.29, 1.82) is 0 Å². The number of para-hydroxylation sites is 3. The minimum Gasteiger partial charge on any atom is -0.456 e. The maximum Gasteiger partial charge on any atom is 0.135 e. The summed E-state index contributed by atoms with van der Waals surface area (Å²) in [5.41, 5.74) is 22.1. The summed E-state index contributed by atoms with van der Waals surface area (Å²) < 4.78 is 6.11. The smallest absolute Gasteiger partial charge is 0.135 e. The molecule has 316 valence electrons. The fraction of sp³-hybridized carbons (Fsp3) is 0.0794. The molecule has 0 fully saturated rings. The van der Waals surface area contributed by atoms with E-state index in [9.17, 15) is 0 Å². The Bertz CT molecular complexity index is 3820. The molecule has 0 aliphatic carbocycles. The Labute approximate surface area is 385 Å². The summed E-state index contributed by atoms with van der Waals surface area (Å²) in [5, 5.41) is 7.51. The van der Waals surface area contributed by atoms with Gasteiger partial charge < -0.3 is 4.42 Å². The van der Waals surface area contributed by atoms with Crippen molar-refractivity contribution >= 4 is 54.5 Å². The molecule has 10 aromatic carbocycles. The van der Waals surface area contributed by atoms with Crippen molar-refractivity contribution in [3.63, 3.8) is 0 Å². The maximum atomic E-state index is 6.11. The highest BCUT2D eigenvalue weighted by atomic mass is 16.3.